The Balaban J connectivity index is 1.43. The fraction of sp³-hybridized carbons (Fsp3) is 0.0323. The highest BCUT2D eigenvalue weighted by Gasteiger charge is 2.28. The van der Waals surface area contributed by atoms with E-state index in [4.69, 9.17) is 24.9 Å². The monoisotopic (exact) mass is 511 g/mol. The van der Waals surface area contributed by atoms with Crippen LogP contribution in [0.25, 0.3) is 39.2 Å². The summed E-state index contributed by atoms with van der Waals surface area (Å²) in [6.07, 6.45) is 0. The minimum atomic E-state index is 0.730. The van der Waals surface area contributed by atoms with Crippen molar-refractivity contribution >= 4 is 28.1 Å². The van der Waals surface area contributed by atoms with Crippen LogP contribution in [0.2, 0.25) is 0 Å². The van der Waals surface area contributed by atoms with Crippen LogP contribution in [-0.4, -0.2) is 27.4 Å². The zero-order valence-electron chi connectivity index (χ0n) is 20.4. The number of hydrogen-bond donors (Lipinski definition) is 0. The molecule has 0 unspecified atom stereocenters. The molecule has 6 aromatic rings. The van der Waals surface area contributed by atoms with Gasteiger partial charge in [0.15, 0.2) is 0 Å². The van der Waals surface area contributed by atoms with Crippen molar-refractivity contribution in [2.75, 3.05) is 7.11 Å². The van der Waals surface area contributed by atoms with E-state index in [1.807, 2.05) is 66.7 Å². The molecule has 182 valence electrons. The second-order valence-electron chi connectivity index (χ2n) is 8.81. The number of aromatic nitrogens is 3. The molecule has 0 fully saturated rings. The Morgan fingerprint density at radius 3 is 2.08 bits per heavy atom. The van der Waals surface area contributed by atoms with Gasteiger partial charge in [0, 0.05) is 22.2 Å². The van der Waals surface area contributed by atoms with Gasteiger partial charge in [-0.2, -0.15) is 0 Å². The minimum absolute atomic E-state index is 0.730. The molecule has 0 N–H and O–H groups in total. The third kappa shape index (κ3) is 3.72. The Morgan fingerprint density at radius 1 is 0.684 bits per heavy atom. The van der Waals surface area contributed by atoms with Gasteiger partial charge in [-0.3, -0.25) is 4.57 Å². The van der Waals surface area contributed by atoms with E-state index < -0.39 is 0 Å². The lowest BCUT2D eigenvalue weighted by Crippen LogP contribution is -2.14. The van der Waals surface area contributed by atoms with E-state index in [1.54, 1.807) is 18.4 Å². The predicted octanol–water partition coefficient (Wildman–Crippen LogP) is 6.49. The van der Waals surface area contributed by atoms with Crippen molar-refractivity contribution in [2.45, 2.75) is 0 Å². The molecule has 2 aromatic heterocycles. The highest BCUT2D eigenvalue weighted by atomic mass is 32.1. The number of rotatable bonds is 4. The molecule has 0 radical (unpaired) electrons. The van der Waals surface area contributed by atoms with Crippen LogP contribution in [0.1, 0.15) is 11.3 Å². The lowest BCUT2D eigenvalue weighted by molar-refractivity contribution is 0.415. The maximum atomic E-state index is 5.35. The van der Waals surface area contributed by atoms with E-state index >= 15 is 0 Å². The molecule has 4 aromatic carbocycles. The van der Waals surface area contributed by atoms with Crippen molar-refractivity contribution in [3.05, 3.63) is 125 Å². The van der Waals surface area contributed by atoms with E-state index in [0.717, 1.165) is 66.8 Å². The molecule has 1 aliphatic carbocycles. The summed E-state index contributed by atoms with van der Waals surface area (Å²) in [6.45, 7) is 0. The van der Waals surface area contributed by atoms with Crippen molar-refractivity contribution in [3.8, 4) is 34.0 Å². The number of thiazole rings is 1. The van der Waals surface area contributed by atoms with Crippen LogP contribution < -0.4 is 9.54 Å². The number of para-hydroxylation sites is 3. The Hall–Kier alpha value is -4.88. The lowest BCUT2D eigenvalue weighted by atomic mass is 10.1. The molecule has 0 amide bonds. The van der Waals surface area contributed by atoms with E-state index in [9.17, 15) is 0 Å². The molecule has 0 aliphatic heterocycles. The molecule has 0 bridgehead atoms. The van der Waals surface area contributed by atoms with Gasteiger partial charge < -0.3 is 4.74 Å². The SMILES string of the molecule is COc1ccc(-c2cs/c(=N/N=C3\c4ccccc4-c4nc5ccccc5nc43)n2-c2ccccc2)cc1. The molecule has 6 nitrogen and oxygen atoms in total. The van der Waals surface area contributed by atoms with Gasteiger partial charge in [-0.25, -0.2) is 9.97 Å². The first kappa shape index (κ1) is 22.3. The topological polar surface area (TPSA) is 64.7 Å². The van der Waals surface area contributed by atoms with Crippen LogP contribution in [-0.2, 0) is 0 Å². The first-order valence-corrected chi connectivity index (χ1v) is 13.1. The second kappa shape index (κ2) is 9.21. The van der Waals surface area contributed by atoms with Crippen LogP contribution in [0.15, 0.2) is 119 Å². The molecular formula is C31H21N5OS. The zero-order valence-corrected chi connectivity index (χ0v) is 21.3. The quantitative estimate of drug-likeness (QED) is 0.254. The van der Waals surface area contributed by atoms with Crippen molar-refractivity contribution in [1.82, 2.24) is 14.5 Å². The molecule has 0 atom stereocenters. The highest BCUT2D eigenvalue weighted by molar-refractivity contribution is 7.07. The summed E-state index contributed by atoms with van der Waals surface area (Å²) in [5, 5.41) is 11.7. The van der Waals surface area contributed by atoms with E-state index in [1.165, 1.54) is 0 Å². The molecule has 38 heavy (non-hydrogen) atoms. The Bertz CT molecular complexity index is 1900. The molecule has 2 heterocycles. The molecular weight excluding hydrogens is 490 g/mol. The first-order chi connectivity index (χ1) is 18.8. The summed E-state index contributed by atoms with van der Waals surface area (Å²) in [5.41, 5.74) is 9.14. The summed E-state index contributed by atoms with van der Waals surface area (Å²) in [4.78, 5) is 10.6. The molecule has 1 aliphatic rings. The van der Waals surface area contributed by atoms with Crippen molar-refractivity contribution in [3.63, 3.8) is 0 Å². The molecule has 7 rings (SSSR count). The maximum absolute atomic E-state index is 5.35. The van der Waals surface area contributed by atoms with Gasteiger partial charge in [0.1, 0.15) is 17.2 Å². The Morgan fingerprint density at radius 2 is 1.34 bits per heavy atom. The van der Waals surface area contributed by atoms with Crippen LogP contribution in [0.4, 0.5) is 0 Å². The lowest BCUT2D eigenvalue weighted by Gasteiger charge is -2.09. The fourth-order valence-corrected chi connectivity index (χ4v) is 5.60. The molecule has 7 heteroatoms. The fourth-order valence-electron chi connectivity index (χ4n) is 4.74. The van der Waals surface area contributed by atoms with Gasteiger partial charge >= 0.3 is 0 Å². The molecule has 0 spiro atoms. The Kier molecular flexibility index (Phi) is 5.41. The van der Waals surface area contributed by atoms with Gasteiger partial charge in [0.25, 0.3) is 0 Å². The normalized spacial score (nSPS) is 13.6. The summed E-state index contributed by atoms with van der Waals surface area (Å²) < 4.78 is 7.48. The summed E-state index contributed by atoms with van der Waals surface area (Å²) in [7, 11) is 1.67. The van der Waals surface area contributed by atoms with E-state index in [2.05, 4.69) is 46.3 Å². The maximum Gasteiger partial charge on any atom is 0.215 e. The Labute approximate surface area is 222 Å². The number of benzene rings is 4. The zero-order chi connectivity index (χ0) is 25.5. The average Bonchev–Trinajstić information content (AvgIpc) is 3.54. The van der Waals surface area contributed by atoms with Gasteiger partial charge in [-0.1, -0.05) is 54.6 Å². The number of nitrogens with zero attached hydrogens (tertiary/aromatic N) is 5. The standard InChI is InChI=1S/C31H21N5OS/c1-37-22-17-15-20(16-18-22)27-19-38-31(36(27)21-9-3-2-4-10-21)35-34-29-24-12-6-5-11-23(24)28-30(29)33-26-14-8-7-13-25(26)32-28/h2-19H,1H3/b34-29+,35-31+. The van der Waals surface area contributed by atoms with E-state index in [-0.39, 0.29) is 0 Å². The van der Waals surface area contributed by atoms with Gasteiger partial charge in [-0.05, 0) is 54.1 Å². The third-order valence-electron chi connectivity index (χ3n) is 6.58. The third-order valence-corrected chi connectivity index (χ3v) is 7.39. The van der Waals surface area contributed by atoms with Crippen LogP contribution in [0.5, 0.6) is 5.75 Å². The van der Waals surface area contributed by atoms with E-state index in [0.29, 0.717) is 0 Å². The highest BCUT2D eigenvalue weighted by Crippen LogP contribution is 2.35. The summed E-state index contributed by atoms with van der Waals surface area (Å²) >= 11 is 1.55. The van der Waals surface area contributed by atoms with Gasteiger partial charge in [0.05, 0.1) is 29.5 Å². The van der Waals surface area contributed by atoms with Crippen LogP contribution >= 0.6 is 11.3 Å². The van der Waals surface area contributed by atoms with Crippen LogP contribution in [0.3, 0.4) is 0 Å². The number of hydrogen-bond acceptors (Lipinski definition) is 6. The average molecular weight is 512 g/mol. The summed E-state index contributed by atoms with van der Waals surface area (Å²) in [5.74, 6) is 0.818. The second-order valence-corrected chi connectivity index (χ2v) is 9.64. The predicted molar refractivity (Wildman–Crippen MR) is 152 cm³/mol. The minimum Gasteiger partial charge on any atom is -0.497 e. The largest absolute Gasteiger partial charge is 0.497 e. The van der Waals surface area contributed by atoms with Gasteiger partial charge in [0.2, 0.25) is 4.80 Å². The van der Waals surface area contributed by atoms with Gasteiger partial charge in [-0.15, -0.1) is 21.5 Å². The van der Waals surface area contributed by atoms with Crippen LogP contribution in [0, 0.1) is 0 Å². The number of ether oxygens (including phenoxy) is 1. The molecule has 0 saturated heterocycles. The summed E-state index contributed by atoms with van der Waals surface area (Å²) in [6, 6.07) is 34.3. The molecule has 0 saturated carbocycles. The van der Waals surface area contributed by atoms with Crippen molar-refractivity contribution in [1.29, 1.82) is 0 Å². The first-order valence-electron chi connectivity index (χ1n) is 12.2. The van der Waals surface area contributed by atoms with Crippen molar-refractivity contribution < 1.29 is 4.74 Å². The van der Waals surface area contributed by atoms with Crippen molar-refractivity contribution in [2.24, 2.45) is 10.2 Å². The number of methoxy groups -OCH3 is 1. The smallest absolute Gasteiger partial charge is 0.215 e. The number of fused-ring (bicyclic) bond motifs is 4.